The van der Waals surface area contributed by atoms with Crippen LogP contribution in [0.15, 0.2) is 36.4 Å². The Kier molecular flexibility index (Phi) is 4.20. The molecule has 0 heterocycles. The summed E-state index contributed by atoms with van der Waals surface area (Å²) >= 11 is 5.64. The fraction of sp³-hybridized carbons (Fsp3) is 0.0714. The lowest BCUT2D eigenvalue weighted by molar-refractivity contribution is 0.0692. The number of hydrogen-bond acceptors (Lipinski definition) is 2. The quantitative estimate of drug-likeness (QED) is 0.899. The molecule has 0 atom stereocenters. The Balaban J connectivity index is 2.13. The Hall–Kier alpha value is -2.14. The molecule has 2 N–H and O–H groups in total. The normalized spacial score (nSPS) is 10.3. The van der Waals surface area contributed by atoms with Crippen molar-refractivity contribution < 1.29 is 18.7 Å². The number of carbonyl (C=O) groups is 1. The number of benzene rings is 2. The van der Waals surface area contributed by atoms with Gasteiger partial charge in [-0.1, -0.05) is 23.7 Å². The van der Waals surface area contributed by atoms with Crippen molar-refractivity contribution in [2.24, 2.45) is 0 Å². The number of carboxylic acid groups (broad SMARTS) is 1. The zero-order chi connectivity index (χ0) is 14.7. The largest absolute Gasteiger partial charge is 0.478 e. The zero-order valence-corrected chi connectivity index (χ0v) is 10.9. The van der Waals surface area contributed by atoms with Crippen molar-refractivity contribution in [3.8, 4) is 0 Å². The van der Waals surface area contributed by atoms with Gasteiger partial charge >= 0.3 is 5.97 Å². The second kappa shape index (κ2) is 5.88. The van der Waals surface area contributed by atoms with Gasteiger partial charge in [0.1, 0.15) is 5.82 Å². The highest BCUT2D eigenvalue weighted by molar-refractivity contribution is 6.31. The first-order chi connectivity index (χ1) is 9.49. The second-order valence-corrected chi connectivity index (χ2v) is 4.48. The minimum absolute atomic E-state index is 0.0117. The highest BCUT2D eigenvalue weighted by Gasteiger charge is 2.11. The molecule has 6 heteroatoms. The van der Waals surface area contributed by atoms with Gasteiger partial charge in [0.2, 0.25) is 0 Å². The van der Waals surface area contributed by atoms with Crippen molar-refractivity contribution in [3.05, 3.63) is 64.2 Å². The number of aromatic carboxylic acids is 1. The third kappa shape index (κ3) is 3.05. The molecule has 3 nitrogen and oxygen atoms in total. The van der Waals surface area contributed by atoms with Gasteiger partial charge in [0, 0.05) is 6.54 Å². The maximum atomic E-state index is 13.6. The molecule has 0 spiro atoms. The molecule has 0 saturated heterocycles. The first kappa shape index (κ1) is 14.3. The number of carboxylic acids is 1. The van der Waals surface area contributed by atoms with Crippen LogP contribution in [0.4, 0.5) is 14.5 Å². The molecule has 104 valence electrons. The monoisotopic (exact) mass is 297 g/mol. The zero-order valence-electron chi connectivity index (χ0n) is 10.2. The SMILES string of the molecule is O=C(O)c1ccc(CNc2cccc(Cl)c2F)cc1F. The molecule has 0 fully saturated rings. The van der Waals surface area contributed by atoms with Crippen LogP contribution < -0.4 is 5.32 Å². The first-order valence-corrected chi connectivity index (χ1v) is 6.06. The van der Waals surface area contributed by atoms with Gasteiger partial charge < -0.3 is 10.4 Å². The Morgan fingerprint density at radius 1 is 1.25 bits per heavy atom. The number of nitrogens with one attached hydrogen (secondary N) is 1. The molecule has 2 aromatic rings. The lowest BCUT2D eigenvalue weighted by atomic mass is 10.1. The van der Waals surface area contributed by atoms with Crippen LogP contribution in [-0.4, -0.2) is 11.1 Å². The summed E-state index contributed by atoms with van der Waals surface area (Å²) in [6.07, 6.45) is 0. The molecule has 0 unspecified atom stereocenters. The highest BCUT2D eigenvalue weighted by atomic mass is 35.5. The Morgan fingerprint density at radius 3 is 2.65 bits per heavy atom. The van der Waals surface area contributed by atoms with Gasteiger partial charge in [-0.15, -0.1) is 0 Å². The first-order valence-electron chi connectivity index (χ1n) is 5.68. The number of rotatable bonds is 4. The van der Waals surface area contributed by atoms with Crippen LogP contribution in [0.1, 0.15) is 15.9 Å². The van der Waals surface area contributed by atoms with Crippen molar-refractivity contribution in [3.63, 3.8) is 0 Å². The summed E-state index contributed by atoms with van der Waals surface area (Å²) in [6, 6.07) is 8.23. The molecule has 20 heavy (non-hydrogen) atoms. The van der Waals surface area contributed by atoms with Crippen molar-refractivity contribution in [1.82, 2.24) is 0 Å². The molecule has 0 aliphatic heterocycles. The summed E-state index contributed by atoms with van der Waals surface area (Å²) in [5.74, 6) is -2.75. The van der Waals surface area contributed by atoms with E-state index in [1.807, 2.05) is 0 Å². The van der Waals surface area contributed by atoms with Gasteiger partial charge in [0.15, 0.2) is 5.82 Å². The van der Waals surface area contributed by atoms with Crippen LogP contribution in [0.2, 0.25) is 5.02 Å². The molecule has 0 amide bonds. The van der Waals surface area contributed by atoms with E-state index in [0.29, 0.717) is 5.56 Å². The smallest absolute Gasteiger partial charge is 0.338 e. The van der Waals surface area contributed by atoms with Crippen LogP contribution in [-0.2, 0) is 6.54 Å². The lowest BCUT2D eigenvalue weighted by Gasteiger charge is -2.09. The standard InChI is InChI=1S/C14H10ClF2NO2/c15-10-2-1-3-12(13(10)17)18-7-8-4-5-9(14(19)20)11(16)6-8/h1-6,18H,7H2,(H,19,20). The van der Waals surface area contributed by atoms with Crippen molar-refractivity contribution in [1.29, 1.82) is 0 Å². The Labute approximate surface area is 118 Å². The van der Waals surface area contributed by atoms with E-state index in [1.54, 1.807) is 6.07 Å². The topological polar surface area (TPSA) is 49.3 Å². The molecule has 2 aromatic carbocycles. The highest BCUT2D eigenvalue weighted by Crippen LogP contribution is 2.22. The predicted octanol–water partition coefficient (Wildman–Crippen LogP) is 3.93. The van der Waals surface area contributed by atoms with Gasteiger partial charge in [0.25, 0.3) is 0 Å². The van der Waals surface area contributed by atoms with E-state index in [2.05, 4.69) is 5.32 Å². The molecule has 0 aromatic heterocycles. The van der Waals surface area contributed by atoms with E-state index < -0.39 is 23.2 Å². The van der Waals surface area contributed by atoms with Crippen LogP contribution in [0.3, 0.4) is 0 Å². The number of halogens is 3. The third-order valence-electron chi connectivity index (χ3n) is 2.70. The van der Waals surface area contributed by atoms with Gasteiger partial charge in [-0.05, 0) is 29.8 Å². The van der Waals surface area contributed by atoms with Crippen LogP contribution in [0.5, 0.6) is 0 Å². The van der Waals surface area contributed by atoms with Crippen molar-refractivity contribution >= 4 is 23.3 Å². The predicted molar refractivity (Wildman–Crippen MR) is 72.1 cm³/mol. The second-order valence-electron chi connectivity index (χ2n) is 4.07. The molecule has 0 saturated carbocycles. The van der Waals surface area contributed by atoms with Crippen molar-refractivity contribution in [2.75, 3.05) is 5.32 Å². The van der Waals surface area contributed by atoms with Gasteiger partial charge in [-0.3, -0.25) is 0 Å². The molecule has 2 rings (SSSR count). The van der Waals surface area contributed by atoms with Crippen LogP contribution in [0, 0.1) is 11.6 Å². The minimum atomic E-state index is -1.33. The van der Waals surface area contributed by atoms with E-state index >= 15 is 0 Å². The average Bonchev–Trinajstić information content (AvgIpc) is 2.40. The average molecular weight is 298 g/mol. The van der Waals surface area contributed by atoms with E-state index in [9.17, 15) is 13.6 Å². The summed E-state index contributed by atoms with van der Waals surface area (Å²) in [5, 5.41) is 11.5. The van der Waals surface area contributed by atoms with E-state index in [0.717, 1.165) is 6.07 Å². The van der Waals surface area contributed by atoms with Gasteiger partial charge in [0.05, 0.1) is 16.3 Å². The van der Waals surface area contributed by atoms with E-state index in [1.165, 1.54) is 24.3 Å². The van der Waals surface area contributed by atoms with E-state index in [-0.39, 0.29) is 17.3 Å². The summed E-state index contributed by atoms with van der Waals surface area (Å²) in [7, 11) is 0. The summed E-state index contributed by atoms with van der Waals surface area (Å²) in [4.78, 5) is 10.7. The van der Waals surface area contributed by atoms with Gasteiger partial charge in [-0.25, -0.2) is 13.6 Å². The molecular formula is C14H10ClF2NO2. The number of anilines is 1. The Bertz CT molecular complexity index is 662. The molecular weight excluding hydrogens is 288 g/mol. The Morgan fingerprint density at radius 2 is 2.00 bits per heavy atom. The third-order valence-corrected chi connectivity index (χ3v) is 2.99. The van der Waals surface area contributed by atoms with Crippen molar-refractivity contribution in [2.45, 2.75) is 6.54 Å². The summed E-state index contributed by atoms with van der Waals surface area (Å²) in [5.41, 5.74) is 0.287. The maximum Gasteiger partial charge on any atom is 0.338 e. The molecule has 0 aliphatic carbocycles. The molecule has 0 bridgehead atoms. The maximum absolute atomic E-state index is 13.6. The van der Waals surface area contributed by atoms with E-state index in [4.69, 9.17) is 16.7 Å². The summed E-state index contributed by atoms with van der Waals surface area (Å²) < 4.78 is 27.1. The summed E-state index contributed by atoms with van der Waals surface area (Å²) in [6.45, 7) is 0.147. The fourth-order valence-electron chi connectivity index (χ4n) is 1.68. The van der Waals surface area contributed by atoms with Crippen LogP contribution in [0.25, 0.3) is 0 Å². The number of hydrogen-bond donors (Lipinski definition) is 2. The fourth-order valence-corrected chi connectivity index (χ4v) is 1.85. The molecule has 0 aliphatic rings. The lowest BCUT2D eigenvalue weighted by Crippen LogP contribution is -2.05. The molecule has 0 radical (unpaired) electrons. The minimum Gasteiger partial charge on any atom is -0.478 e. The van der Waals surface area contributed by atoms with Gasteiger partial charge in [-0.2, -0.15) is 0 Å². The van der Waals surface area contributed by atoms with Crippen LogP contribution >= 0.6 is 11.6 Å².